The summed E-state index contributed by atoms with van der Waals surface area (Å²) < 4.78 is 2.96. The number of amides is 1. The maximum Gasteiger partial charge on any atom is 0.225 e. The Kier molecular flexibility index (Phi) is 4.47. The minimum absolute atomic E-state index is 0.0647. The molecule has 0 radical (unpaired) electrons. The molecule has 0 atom stereocenters. The van der Waals surface area contributed by atoms with E-state index < -0.39 is 5.91 Å². The second-order valence-corrected chi connectivity index (χ2v) is 8.61. The Balaban J connectivity index is 1.65. The fraction of sp³-hybridized carbons (Fsp3) is 0.412. The van der Waals surface area contributed by atoms with E-state index in [9.17, 15) is 4.79 Å². The van der Waals surface area contributed by atoms with E-state index in [4.69, 9.17) is 5.73 Å². The van der Waals surface area contributed by atoms with Crippen molar-refractivity contribution in [3.05, 3.63) is 34.9 Å². The van der Waals surface area contributed by atoms with E-state index in [2.05, 4.69) is 21.1 Å². The number of thiazole rings is 1. The molecule has 0 unspecified atom stereocenters. The Labute approximate surface area is 153 Å². The van der Waals surface area contributed by atoms with Gasteiger partial charge in [0, 0.05) is 0 Å². The molecule has 0 bridgehead atoms. The Hall–Kier alpha value is -1.93. The molecule has 0 saturated heterocycles. The second-order valence-electron chi connectivity index (χ2n) is 6.34. The van der Waals surface area contributed by atoms with Crippen LogP contribution in [0.15, 0.2) is 18.2 Å². The Bertz CT molecular complexity index is 928. The van der Waals surface area contributed by atoms with E-state index in [1.165, 1.54) is 12.8 Å². The molecule has 3 aromatic rings. The van der Waals surface area contributed by atoms with Gasteiger partial charge in [0.2, 0.25) is 5.91 Å². The van der Waals surface area contributed by atoms with Gasteiger partial charge in [0.05, 0.1) is 33.1 Å². The number of aromatic nitrogens is 4. The molecule has 1 amide bonds. The van der Waals surface area contributed by atoms with Crippen LogP contribution in [-0.4, -0.2) is 31.4 Å². The van der Waals surface area contributed by atoms with Crippen molar-refractivity contribution in [2.75, 3.05) is 5.75 Å². The van der Waals surface area contributed by atoms with Crippen molar-refractivity contribution in [2.45, 2.75) is 31.9 Å². The van der Waals surface area contributed by atoms with Crippen molar-refractivity contribution in [3.63, 3.8) is 0 Å². The zero-order valence-corrected chi connectivity index (χ0v) is 15.6. The summed E-state index contributed by atoms with van der Waals surface area (Å²) in [4.78, 5) is 20.3. The maximum absolute atomic E-state index is 11.2. The fourth-order valence-electron chi connectivity index (χ4n) is 2.68. The number of nitrogens with two attached hydrogens (primary N) is 1. The predicted molar refractivity (Wildman–Crippen MR) is 101 cm³/mol. The van der Waals surface area contributed by atoms with Gasteiger partial charge in [0.15, 0.2) is 5.82 Å². The van der Waals surface area contributed by atoms with Gasteiger partial charge in [-0.2, -0.15) is 16.9 Å². The lowest BCUT2D eigenvalue weighted by Crippen LogP contribution is -2.14. The highest BCUT2D eigenvalue weighted by Gasteiger charge is 2.22. The summed E-state index contributed by atoms with van der Waals surface area (Å²) in [5.74, 6) is 3.73. The van der Waals surface area contributed by atoms with Crippen LogP contribution in [0.25, 0.3) is 15.9 Å². The van der Waals surface area contributed by atoms with E-state index in [1.54, 1.807) is 11.3 Å². The highest BCUT2D eigenvalue weighted by atomic mass is 32.2. The normalized spacial score (nSPS) is 14.3. The number of thioether (sulfide) groups is 1. The largest absolute Gasteiger partial charge is 0.369 e. The Morgan fingerprint density at radius 2 is 2.24 bits per heavy atom. The molecule has 2 N–H and O–H groups in total. The topological polar surface area (TPSA) is 86.7 Å². The lowest BCUT2D eigenvalue weighted by atomic mass is 10.3. The fourth-order valence-corrected chi connectivity index (χ4v) is 4.70. The second kappa shape index (κ2) is 6.76. The summed E-state index contributed by atoms with van der Waals surface area (Å²) in [5, 5.41) is 5.57. The molecule has 6 nitrogen and oxygen atoms in total. The number of hydrogen-bond acceptors (Lipinski definition) is 6. The van der Waals surface area contributed by atoms with Crippen molar-refractivity contribution in [1.82, 2.24) is 19.7 Å². The number of nitrogens with zero attached hydrogens (tertiary/aromatic N) is 4. The molecule has 1 aromatic carbocycles. The quantitative estimate of drug-likeness (QED) is 0.688. The minimum atomic E-state index is -0.414. The van der Waals surface area contributed by atoms with Crippen LogP contribution in [0, 0.1) is 12.8 Å². The van der Waals surface area contributed by atoms with Gasteiger partial charge in [0.1, 0.15) is 5.82 Å². The Morgan fingerprint density at radius 1 is 1.40 bits per heavy atom. The van der Waals surface area contributed by atoms with Crippen LogP contribution in [0.4, 0.5) is 0 Å². The van der Waals surface area contributed by atoms with Gasteiger partial charge in [-0.05, 0) is 49.6 Å². The minimum Gasteiger partial charge on any atom is -0.369 e. The van der Waals surface area contributed by atoms with Crippen molar-refractivity contribution >= 4 is 39.2 Å². The maximum atomic E-state index is 11.2. The van der Waals surface area contributed by atoms with Gasteiger partial charge in [0.25, 0.3) is 0 Å². The molecule has 2 aromatic heterocycles. The third-order valence-corrected chi connectivity index (χ3v) is 6.16. The number of carbonyl (C=O) groups excluding carboxylic acids is 1. The smallest absolute Gasteiger partial charge is 0.225 e. The summed E-state index contributed by atoms with van der Waals surface area (Å²) in [6, 6.07) is 6.09. The van der Waals surface area contributed by atoms with Crippen LogP contribution in [0.3, 0.4) is 0 Å². The molecule has 1 saturated carbocycles. The van der Waals surface area contributed by atoms with Gasteiger partial charge in [-0.15, -0.1) is 11.3 Å². The first kappa shape index (κ1) is 16.5. The third-order valence-electron chi connectivity index (χ3n) is 4.06. The van der Waals surface area contributed by atoms with E-state index in [0.29, 0.717) is 5.82 Å². The molecule has 1 fully saturated rings. The number of fused-ring (bicyclic) bond motifs is 1. The van der Waals surface area contributed by atoms with Gasteiger partial charge in [-0.25, -0.2) is 14.6 Å². The molecule has 25 heavy (non-hydrogen) atoms. The van der Waals surface area contributed by atoms with E-state index in [-0.39, 0.29) is 6.42 Å². The molecule has 1 aliphatic carbocycles. The SMILES string of the molecule is Cc1nc2ccc(-n3nc(CC(N)=O)nc3CSCC3CC3)cc2s1. The van der Waals surface area contributed by atoms with Crippen LogP contribution in [0.5, 0.6) is 0 Å². The summed E-state index contributed by atoms with van der Waals surface area (Å²) in [7, 11) is 0. The molecule has 130 valence electrons. The third kappa shape index (κ3) is 3.85. The first-order valence-corrected chi connectivity index (χ1v) is 10.2. The molecule has 2 heterocycles. The van der Waals surface area contributed by atoms with E-state index in [1.807, 2.05) is 35.5 Å². The first-order chi connectivity index (χ1) is 12.1. The highest BCUT2D eigenvalue weighted by molar-refractivity contribution is 7.98. The van der Waals surface area contributed by atoms with Crippen LogP contribution in [-0.2, 0) is 17.0 Å². The van der Waals surface area contributed by atoms with Gasteiger partial charge in [-0.3, -0.25) is 4.79 Å². The molecule has 8 heteroatoms. The number of benzene rings is 1. The van der Waals surface area contributed by atoms with Crippen LogP contribution in [0.1, 0.15) is 29.5 Å². The standard InChI is InChI=1S/C17H19N5OS2/c1-10-19-13-5-4-12(6-14(13)25-10)22-17(9-24-8-11-2-3-11)20-16(21-22)7-15(18)23/h4-6,11H,2-3,7-9H2,1H3,(H2,18,23). The monoisotopic (exact) mass is 373 g/mol. The zero-order chi connectivity index (χ0) is 17.4. The average Bonchev–Trinajstić information content (AvgIpc) is 3.17. The van der Waals surface area contributed by atoms with Crippen LogP contribution in [0.2, 0.25) is 0 Å². The summed E-state index contributed by atoms with van der Waals surface area (Å²) in [6.45, 7) is 2.00. The molecule has 1 aliphatic rings. The lowest BCUT2D eigenvalue weighted by Gasteiger charge is -2.05. The molecule has 0 spiro atoms. The van der Waals surface area contributed by atoms with Crippen LogP contribution < -0.4 is 5.73 Å². The summed E-state index contributed by atoms with van der Waals surface area (Å²) in [5.41, 5.74) is 7.25. The first-order valence-electron chi connectivity index (χ1n) is 8.27. The number of carbonyl (C=O) groups is 1. The van der Waals surface area contributed by atoms with E-state index >= 15 is 0 Å². The van der Waals surface area contributed by atoms with Gasteiger partial charge in [-0.1, -0.05) is 0 Å². The molecule has 0 aliphatic heterocycles. The summed E-state index contributed by atoms with van der Waals surface area (Å²) >= 11 is 3.54. The van der Waals surface area contributed by atoms with Crippen LogP contribution >= 0.6 is 23.1 Å². The Morgan fingerprint density at radius 3 is 3.00 bits per heavy atom. The molecular weight excluding hydrogens is 354 g/mol. The summed E-state index contributed by atoms with van der Waals surface area (Å²) in [6.07, 6.45) is 2.75. The van der Waals surface area contributed by atoms with E-state index in [0.717, 1.165) is 44.2 Å². The van der Waals surface area contributed by atoms with Crippen molar-refractivity contribution in [3.8, 4) is 5.69 Å². The number of primary amides is 1. The van der Waals surface area contributed by atoms with Gasteiger partial charge < -0.3 is 5.73 Å². The molecular formula is C17H19N5OS2. The van der Waals surface area contributed by atoms with Crippen molar-refractivity contribution in [1.29, 1.82) is 0 Å². The molecule has 4 rings (SSSR count). The number of rotatable bonds is 7. The highest BCUT2D eigenvalue weighted by Crippen LogP contribution is 2.33. The van der Waals surface area contributed by atoms with Gasteiger partial charge >= 0.3 is 0 Å². The van der Waals surface area contributed by atoms with Crippen molar-refractivity contribution < 1.29 is 4.79 Å². The number of hydrogen-bond donors (Lipinski definition) is 1. The van der Waals surface area contributed by atoms with Crippen molar-refractivity contribution in [2.24, 2.45) is 11.7 Å². The number of aryl methyl sites for hydroxylation is 1. The lowest BCUT2D eigenvalue weighted by molar-refractivity contribution is -0.117. The predicted octanol–water partition coefficient (Wildman–Crippen LogP) is 2.86. The zero-order valence-electron chi connectivity index (χ0n) is 13.9. The average molecular weight is 374 g/mol.